The lowest BCUT2D eigenvalue weighted by Gasteiger charge is -2.07. The number of methoxy groups -OCH3 is 1. The minimum absolute atomic E-state index is 0.168. The van der Waals surface area contributed by atoms with Crippen LogP contribution in [0.3, 0.4) is 0 Å². The van der Waals surface area contributed by atoms with Gasteiger partial charge in [0, 0.05) is 12.5 Å². The van der Waals surface area contributed by atoms with Gasteiger partial charge in [0.25, 0.3) is 0 Å². The first-order valence-electron chi connectivity index (χ1n) is 9.45. The lowest BCUT2D eigenvalue weighted by molar-refractivity contribution is -0.115. The molecule has 2 aromatic carbocycles. The van der Waals surface area contributed by atoms with Gasteiger partial charge in [-0.25, -0.2) is 13.4 Å². The summed E-state index contributed by atoms with van der Waals surface area (Å²) in [6, 6.07) is 15.4. The predicted molar refractivity (Wildman–Crippen MR) is 120 cm³/mol. The van der Waals surface area contributed by atoms with Crippen LogP contribution in [0, 0.1) is 6.92 Å². The summed E-state index contributed by atoms with van der Waals surface area (Å²) >= 11 is 1.41. The molecule has 0 aliphatic carbocycles. The molecular weight excluding hydrogens is 436 g/mol. The number of aryl methyl sites for hydroxylation is 1. The summed E-state index contributed by atoms with van der Waals surface area (Å²) in [7, 11) is -1.93. The number of benzene rings is 2. The average Bonchev–Trinajstić information content (AvgIpc) is 3.35. The average molecular weight is 457 g/mol. The SMILES string of the molecule is COc1ccc2nc(-n3nc(C)cc3NC(=O)CCS(=O)(=O)c3ccccc3)sc2c1. The molecule has 2 aromatic heterocycles. The summed E-state index contributed by atoms with van der Waals surface area (Å²) in [5.41, 5.74) is 1.49. The first kappa shape index (κ1) is 21.0. The minimum atomic E-state index is -3.53. The van der Waals surface area contributed by atoms with E-state index in [0.717, 1.165) is 16.0 Å². The molecule has 0 unspecified atom stereocenters. The third-order valence-corrected chi connectivity index (χ3v) is 7.29. The summed E-state index contributed by atoms with van der Waals surface area (Å²) < 4.78 is 32.6. The van der Waals surface area contributed by atoms with E-state index in [9.17, 15) is 13.2 Å². The Hall–Kier alpha value is -3.24. The number of anilines is 1. The number of hydrogen-bond acceptors (Lipinski definition) is 7. The van der Waals surface area contributed by atoms with Crippen molar-refractivity contribution in [3.63, 3.8) is 0 Å². The Morgan fingerprint density at radius 1 is 1.16 bits per heavy atom. The molecule has 160 valence electrons. The smallest absolute Gasteiger partial charge is 0.226 e. The van der Waals surface area contributed by atoms with Crippen LogP contribution in [-0.4, -0.2) is 42.0 Å². The van der Waals surface area contributed by atoms with Crippen molar-refractivity contribution in [2.24, 2.45) is 0 Å². The number of ether oxygens (including phenoxy) is 1. The van der Waals surface area contributed by atoms with Crippen molar-refractivity contribution >= 4 is 43.1 Å². The number of carbonyl (C=O) groups excluding carboxylic acids is 1. The van der Waals surface area contributed by atoms with E-state index in [-0.39, 0.29) is 17.1 Å². The van der Waals surface area contributed by atoms with E-state index in [1.807, 2.05) is 25.1 Å². The zero-order chi connectivity index (χ0) is 22.0. The number of nitrogens with one attached hydrogen (secondary N) is 1. The Labute approximate surface area is 183 Å². The van der Waals surface area contributed by atoms with Gasteiger partial charge in [0.05, 0.1) is 33.7 Å². The maximum absolute atomic E-state index is 12.5. The summed E-state index contributed by atoms with van der Waals surface area (Å²) in [5.74, 6) is 0.471. The molecule has 0 saturated heterocycles. The van der Waals surface area contributed by atoms with Gasteiger partial charge in [-0.05, 0) is 37.3 Å². The van der Waals surface area contributed by atoms with Gasteiger partial charge in [-0.1, -0.05) is 29.5 Å². The van der Waals surface area contributed by atoms with Crippen molar-refractivity contribution in [3.8, 4) is 10.9 Å². The van der Waals surface area contributed by atoms with Gasteiger partial charge in [0.1, 0.15) is 11.6 Å². The van der Waals surface area contributed by atoms with Crippen molar-refractivity contribution in [3.05, 3.63) is 60.3 Å². The Kier molecular flexibility index (Phi) is 5.75. The third-order valence-electron chi connectivity index (χ3n) is 4.56. The molecule has 0 spiro atoms. The summed E-state index contributed by atoms with van der Waals surface area (Å²) in [5, 5.41) is 7.78. The molecule has 2 heterocycles. The molecule has 0 aliphatic heterocycles. The second-order valence-corrected chi connectivity index (χ2v) is 9.96. The van der Waals surface area contributed by atoms with Crippen LogP contribution >= 0.6 is 11.3 Å². The normalized spacial score (nSPS) is 11.5. The zero-order valence-electron chi connectivity index (χ0n) is 16.9. The Morgan fingerprint density at radius 3 is 2.68 bits per heavy atom. The van der Waals surface area contributed by atoms with E-state index >= 15 is 0 Å². The highest BCUT2D eigenvalue weighted by atomic mass is 32.2. The number of aromatic nitrogens is 3. The van der Waals surface area contributed by atoms with Gasteiger partial charge in [-0.15, -0.1) is 0 Å². The molecule has 0 aliphatic rings. The number of rotatable bonds is 7. The number of amides is 1. The molecule has 4 rings (SSSR count). The lowest BCUT2D eigenvalue weighted by Crippen LogP contribution is -2.19. The summed E-state index contributed by atoms with van der Waals surface area (Å²) in [4.78, 5) is 17.3. The second kappa shape index (κ2) is 8.48. The molecule has 1 N–H and O–H groups in total. The minimum Gasteiger partial charge on any atom is -0.497 e. The standard InChI is InChI=1S/C21H20N4O4S2/c1-14-12-19(23-20(26)10-11-31(27,28)16-6-4-3-5-7-16)25(24-14)21-22-17-9-8-15(29-2)13-18(17)30-21/h3-9,12-13H,10-11H2,1-2H3,(H,23,26). The van der Waals surface area contributed by atoms with Crippen LogP contribution in [0.15, 0.2) is 59.5 Å². The molecule has 0 bridgehead atoms. The van der Waals surface area contributed by atoms with E-state index < -0.39 is 15.7 Å². The fourth-order valence-electron chi connectivity index (χ4n) is 3.02. The largest absolute Gasteiger partial charge is 0.497 e. The van der Waals surface area contributed by atoms with Crippen molar-refractivity contribution < 1.29 is 17.9 Å². The first-order chi connectivity index (χ1) is 14.9. The quantitative estimate of drug-likeness (QED) is 0.456. The Morgan fingerprint density at radius 2 is 1.94 bits per heavy atom. The Balaban J connectivity index is 1.52. The molecule has 0 fully saturated rings. The van der Waals surface area contributed by atoms with Crippen molar-refractivity contribution in [1.82, 2.24) is 14.8 Å². The van der Waals surface area contributed by atoms with Gasteiger partial charge in [-0.2, -0.15) is 9.78 Å². The molecule has 8 nitrogen and oxygen atoms in total. The van der Waals surface area contributed by atoms with Gasteiger partial charge < -0.3 is 10.1 Å². The number of nitrogens with zero attached hydrogens (tertiary/aromatic N) is 3. The van der Waals surface area contributed by atoms with Crippen molar-refractivity contribution in [2.45, 2.75) is 18.2 Å². The molecule has 31 heavy (non-hydrogen) atoms. The van der Waals surface area contributed by atoms with Crippen LogP contribution in [-0.2, 0) is 14.6 Å². The molecule has 0 radical (unpaired) electrons. The maximum atomic E-state index is 12.5. The van der Waals surface area contributed by atoms with Crippen LogP contribution in [0.1, 0.15) is 12.1 Å². The number of carbonyl (C=O) groups is 1. The highest BCUT2D eigenvalue weighted by Crippen LogP contribution is 2.30. The molecular formula is C21H20N4O4S2. The number of sulfone groups is 1. The lowest BCUT2D eigenvalue weighted by atomic mass is 10.3. The van der Waals surface area contributed by atoms with Crippen molar-refractivity contribution in [1.29, 1.82) is 0 Å². The molecule has 10 heteroatoms. The van der Waals surface area contributed by atoms with E-state index in [1.54, 1.807) is 36.1 Å². The Bertz CT molecular complexity index is 1340. The number of fused-ring (bicyclic) bond motifs is 1. The van der Waals surface area contributed by atoms with Crippen LogP contribution in [0.5, 0.6) is 5.75 Å². The van der Waals surface area contributed by atoms with E-state index in [0.29, 0.717) is 16.6 Å². The van der Waals surface area contributed by atoms with E-state index in [1.165, 1.54) is 23.5 Å². The predicted octanol–water partition coefficient (Wildman–Crippen LogP) is 3.60. The summed E-state index contributed by atoms with van der Waals surface area (Å²) in [6.45, 7) is 1.81. The van der Waals surface area contributed by atoms with Gasteiger partial charge in [0.15, 0.2) is 9.84 Å². The van der Waals surface area contributed by atoms with Crippen LogP contribution in [0.4, 0.5) is 5.82 Å². The zero-order valence-corrected chi connectivity index (χ0v) is 18.5. The van der Waals surface area contributed by atoms with Crippen LogP contribution in [0.2, 0.25) is 0 Å². The van der Waals surface area contributed by atoms with Crippen LogP contribution in [0.25, 0.3) is 15.3 Å². The first-order valence-corrected chi connectivity index (χ1v) is 11.9. The molecule has 4 aromatic rings. The molecule has 1 amide bonds. The summed E-state index contributed by atoms with van der Waals surface area (Å²) in [6.07, 6.45) is -0.168. The maximum Gasteiger partial charge on any atom is 0.226 e. The monoisotopic (exact) mass is 456 g/mol. The fourth-order valence-corrected chi connectivity index (χ4v) is 5.24. The highest BCUT2D eigenvalue weighted by molar-refractivity contribution is 7.91. The van der Waals surface area contributed by atoms with E-state index in [2.05, 4.69) is 15.4 Å². The number of hydrogen-bond donors (Lipinski definition) is 1. The fraction of sp³-hybridized carbons (Fsp3) is 0.190. The van der Waals surface area contributed by atoms with Gasteiger partial charge in [-0.3, -0.25) is 4.79 Å². The van der Waals surface area contributed by atoms with Gasteiger partial charge in [0.2, 0.25) is 11.0 Å². The second-order valence-electron chi connectivity index (χ2n) is 6.84. The van der Waals surface area contributed by atoms with E-state index in [4.69, 9.17) is 4.74 Å². The molecule has 0 atom stereocenters. The highest BCUT2D eigenvalue weighted by Gasteiger charge is 2.18. The third kappa shape index (κ3) is 4.59. The molecule has 0 saturated carbocycles. The number of thiazole rings is 1. The topological polar surface area (TPSA) is 103 Å². The van der Waals surface area contributed by atoms with Crippen LogP contribution < -0.4 is 10.1 Å². The van der Waals surface area contributed by atoms with Crippen molar-refractivity contribution in [2.75, 3.05) is 18.2 Å². The van der Waals surface area contributed by atoms with Gasteiger partial charge >= 0.3 is 0 Å².